The topological polar surface area (TPSA) is 24.1 Å². The van der Waals surface area contributed by atoms with E-state index in [9.17, 15) is 0 Å². The van der Waals surface area contributed by atoms with Gasteiger partial charge in [-0.3, -0.25) is 0 Å². The van der Waals surface area contributed by atoms with Crippen LogP contribution in [-0.4, -0.2) is 5.11 Å². The highest BCUT2D eigenvalue weighted by Gasteiger charge is 2.15. The third-order valence-corrected chi connectivity index (χ3v) is 4.58. The van der Waals surface area contributed by atoms with Crippen LogP contribution in [0, 0.1) is 6.92 Å². The average molecular weight is 411 g/mol. The molecular formula is C21H19BrN2S. The van der Waals surface area contributed by atoms with E-state index in [4.69, 9.17) is 12.2 Å². The van der Waals surface area contributed by atoms with Crippen LogP contribution in [0.15, 0.2) is 83.3 Å². The molecule has 2 nitrogen and oxygen atoms in total. The Balaban J connectivity index is 1.84. The molecule has 0 radical (unpaired) electrons. The van der Waals surface area contributed by atoms with E-state index in [1.54, 1.807) is 0 Å². The molecule has 0 aromatic heterocycles. The summed E-state index contributed by atoms with van der Waals surface area (Å²) in [6.07, 6.45) is 0. The highest BCUT2D eigenvalue weighted by molar-refractivity contribution is 9.10. The van der Waals surface area contributed by atoms with E-state index < -0.39 is 0 Å². The Kier molecular flexibility index (Phi) is 5.84. The van der Waals surface area contributed by atoms with Gasteiger partial charge in [-0.05, 0) is 48.5 Å². The Morgan fingerprint density at radius 1 is 0.880 bits per heavy atom. The fourth-order valence-corrected chi connectivity index (χ4v) is 3.35. The Morgan fingerprint density at radius 3 is 2.32 bits per heavy atom. The predicted octanol–water partition coefficient (Wildman–Crippen LogP) is 5.83. The van der Waals surface area contributed by atoms with E-state index in [0.29, 0.717) is 5.11 Å². The van der Waals surface area contributed by atoms with Crippen LogP contribution in [0.1, 0.15) is 22.7 Å². The summed E-state index contributed by atoms with van der Waals surface area (Å²) in [6, 6.07) is 26.8. The van der Waals surface area contributed by atoms with Crippen molar-refractivity contribution in [1.29, 1.82) is 0 Å². The summed E-state index contributed by atoms with van der Waals surface area (Å²) in [5.74, 6) is 0. The maximum Gasteiger partial charge on any atom is 0.171 e. The van der Waals surface area contributed by atoms with Crippen molar-refractivity contribution in [2.75, 3.05) is 5.32 Å². The predicted molar refractivity (Wildman–Crippen MR) is 113 cm³/mol. The minimum absolute atomic E-state index is 0.00625. The quantitative estimate of drug-likeness (QED) is 0.528. The molecule has 0 aliphatic rings. The highest BCUT2D eigenvalue weighted by atomic mass is 79.9. The number of thiocarbonyl (C=S) groups is 1. The molecule has 3 aromatic carbocycles. The third kappa shape index (κ3) is 4.91. The lowest BCUT2D eigenvalue weighted by Gasteiger charge is -2.22. The van der Waals surface area contributed by atoms with Crippen LogP contribution >= 0.6 is 28.1 Å². The zero-order valence-corrected chi connectivity index (χ0v) is 16.3. The Morgan fingerprint density at radius 2 is 1.60 bits per heavy atom. The van der Waals surface area contributed by atoms with Crippen LogP contribution < -0.4 is 10.6 Å². The SMILES string of the molecule is Cc1cccc([C@H](NC(=S)Nc2cccc(Br)c2)c2ccccc2)c1. The Bertz CT molecular complexity index is 865. The molecule has 0 aliphatic carbocycles. The molecule has 0 amide bonds. The number of halogens is 1. The van der Waals surface area contributed by atoms with E-state index in [1.807, 2.05) is 42.5 Å². The number of anilines is 1. The number of hydrogen-bond acceptors (Lipinski definition) is 1. The van der Waals surface area contributed by atoms with Crippen molar-refractivity contribution in [3.05, 3.63) is 100 Å². The van der Waals surface area contributed by atoms with E-state index >= 15 is 0 Å². The van der Waals surface area contributed by atoms with Crippen molar-refractivity contribution >= 4 is 38.9 Å². The fraction of sp³-hybridized carbons (Fsp3) is 0.0952. The molecule has 0 saturated carbocycles. The molecular weight excluding hydrogens is 392 g/mol. The molecule has 3 rings (SSSR count). The van der Waals surface area contributed by atoms with Crippen LogP contribution in [-0.2, 0) is 0 Å². The molecule has 0 aliphatic heterocycles. The fourth-order valence-electron chi connectivity index (χ4n) is 2.72. The summed E-state index contributed by atoms with van der Waals surface area (Å²) in [4.78, 5) is 0. The zero-order valence-electron chi connectivity index (χ0n) is 13.9. The molecule has 1 atom stereocenters. The average Bonchev–Trinajstić information content (AvgIpc) is 2.60. The van der Waals surface area contributed by atoms with Crippen molar-refractivity contribution < 1.29 is 0 Å². The number of rotatable bonds is 4. The van der Waals surface area contributed by atoms with Crippen molar-refractivity contribution in [2.24, 2.45) is 0 Å². The van der Waals surface area contributed by atoms with Gasteiger partial charge in [-0.15, -0.1) is 0 Å². The van der Waals surface area contributed by atoms with Gasteiger partial charge >= 0.3 is 0 Å². The van der Waals surface area contributed by atoms with Crippen LogP contribution in [0.4, 0.5) is 5.69 Å². The largest absolute Gasteiger partial charge is 0.352 e. The summed E-state index contributed by atoms with van der Waals surface area (Å²) in [5, 5.41) is 7.30. The molecule has 4 heteroatoms. The van der Waals surface area contributed by atoms with Gasteiger partial charge in [-0.2, -0.15) is 0 Å². The maximum absolute atomic E-state index is 5.55. The first-order valence-electron chi connectivity index (χ1n) is 8.06. The third-order valence-electron chi connectivity index (χ3n) is 3.87. The second kappa shape index (κ2) is 8.28. The lowest BCUT2D eigenvalue weighted by atomic mass is 9.97. The van der Waals surface area contributed by atoms with Gasteiger partial charge in [0.05, 0.1) is 6.04 Å². The molecule has 3 aromatic rings. The van der Waals surface area contributed by atoms with Gasteiger partial charge in [0.1, 0.15) is 0 Å². The highest BCUT2D eigenvalue weighted by Crippen LogP contribution is 2.23. The van der Waals surface area contributed by atoms with Crippen LogP contribution in [0.3, 0.4) is 0 Å². The van der Waals surface area contributed by atoms with Crippen molar-refractivity contribution in [1.82, 2.24) is 5.32 Å². The van der Waals surface area contributed by atoms with E-state index in [2.05, 4.69) is 69.9 Å². The molecule has 0 bridgehead atoms. The lowest BCUT2D eigenvalue weighted by molar-refractivity contribution is 0.768. The van der Waals surface area contributed by atoms with Gasteiger partial charge in [0, 0.05) is 10.2 Å². The molecule has 0 fully saturated rings. The number of aryl methyl sites for hydroxylation is 1. The minimum Gasteiger partial charge on any atom is -0.352 e. The summed E-state index contributed by atoms with van der Waals surface area (Å²) in [5.41, 5.74) is 4.53. The van der Waals surface area contributed by atoms with Gasteiger partial charge in [-0.25, -0.2) is 0 Å². The van der Waals surface area contributed by atoms with E-state index in [0.717, 1.165) is 10.2 Å². The molecule has 2 N–H and O–H groups in total. The van der Waals surface area contributed by atoms with Crippen LogP contribution in [0.2, 0.25) is 0 Å². The molecule has 0 spiro atoms. The summed E-state index contributed by atoms with van der Waals surface area (Å²) < 4.78 is 1.01. The number of nitrogens with one attached hydrogen (secondary N) is 2. The second-order valence-corrected chi connectivity index (χ2v) is 7.19. The molecule has 0 unspecified atom stereocenters. The molecule has 126 valence electrons. The summed E-state index contributed by atoms with van der Waals surface area (Å²) >= 11 is 9.03. The maximum atomic E-state index is 5.55. The van der Waals surface area contributed by atoms with E-state index in [1.165, 1.54) is 16.7 Å². The number of benzene rings is 3. The first kappa shape index (κ1) is 17.6. The monoisotopic (exact) mass is 410 g/mol. The molecule has 0 saturated heterocycles. The normalized spacial score (nSPS) is 11.6. The number of hydrogen-bond donors (Lipinski definition) is 2. The van der Waals surface area contributed by atoms with Gasteiger partial charge in [0.15, 0.2) is 5.11 Å². The molecule has 0 heterocycles. The Hall–Kier alpha value is -2.17. The van der Waals surface area contributed by atoms with Crippen LogP contribution in [0.5, 0.6) is 0 Å². The standard InChI is InChI=1S/C21H19BrN2S/c1-15-7-5-10-17(13-15)20(16-8-3-2-4-9-16)24-21(25)23-19-12-6-11-18(22)14-19/h2-14,20H,1H3,(H2,23,24,25)/t20-/m1/s1. The lowest BCUT2D eigenvalue weighted by Crippen LogP contribution is -2.33. The van der Waals surface area contributed by atoms with E-state index in [-0.39, 0.29) is 6.04 Å². The summed E-state index contributed by atoms with van der Waals surface area (Å²) in [7, 11) is 0. The minimum atomic E-state index is -0.00625. The first-order chi connectivity index (χ1) is 12.1. The van der Waals surface area contributed by atoms with Crippen molar-refractivity contribution in [3.63, 3.8) is 0 Å². The Labute approximate surface area is 162 Å². The zero-order chi connectivity index (χ0) is 17.6. The summed E-state index contributed by atoms with van der Waals surface area (Å²) in [6.45, 7) is 2.10. The van der Waals surface area contributed by atoms with Crippen LogP contribution in [0.25, 0.3) is 0 Å². The van der Waals surface area contributed by atoms with Gasteiger partial charge in [0.2, 0.25) is 0 Å². The first-order valence-corrected chi connectivity index (χ1v) is 9.26. The van der Waals surface area contributed by atoms with Gasteiger partial charge in [0.25, 0.3) is 0 Å². The smallest absolute Gasteiger partial charge is 0.171 e. The van der Waals surface area contributed by atoms with Crippen molar-refractivity contribution in [2.45, 2.75) is 13.0 Å². The van der Waals surface area contributed by atoms with Gasteiger partial charge in [-0.1, -0.05) is 82.2 Å². The van der Waals surface area contributed by atoms with Crippen molar-refractivity contribution in [3.8, 4) is 0 Å². The second-order valence-electron chi connectivity index (χ2n) is 5.87. The van der Waals surface area contributed by atoms with Gasteiger partial charge < -0.3 is 10.6 Å². The molecule has 25 heavy (non-hydrogen) atoms.